The molecule has 1 aliphatic carbocycles. The Hall–Kier alpha value is -1.75. The van der Waals surface area contributed by atoms with Crippen molar-refractivity contribution in [2.24, 2.45) is 0 Å². The lowest BCUT2D eigenvalue weighted by Gasteiger charge is -2.25. The number of aromatic hydroxyl groups is 1. The number of nitrogens with zero attached hydrogens (tertiary/aromatic N) is 1. The largest absolute Gasteiger partial charge is 0.494 e. The molecule has 1 saturated carbocycles. The van der Waals surface area contributed by atoms with Gasteiger partial charge in [0.1, 0.15) is 0 Å². The average molecular weight is 248 g/mol. The average Bonchev–Trinajstić information content (AvgIpc) is 2.64. The highest BCUT2D eigenvalue weighted by Gasteiger charge is 2.29. The second-order valence-corrected chi connectivity index (χ2v) is 4.90. The van der Waals surface area contributed by atoms with E-state index in [4.69, 9.17) is 0 Å². The number of aliphatic hydroxyl groups excluding tert-OH is 1. The van der Waals surface area contributed by atoms with E-state index in [2.05, 4.69) is 5.32 Å². The highest BCUT2D eigenvalue weighted by Crippen LogP contribution is 2.34. The Morgan fingerprint density at radius 3 is 3.00 bits per heavy atom. The summed E-state index contributed by atoms with van der Waals surface area (Å²) in [4.78, 5) is 10.8. The molecule has 0 radical (unpaired) electrons. The first-order valence-electron chi connectivity index (χ1n) is 6.27. The van der Waals surface area contributed by atoms with Crippen molar-refractivity contribution < 1.29 is 15.0 Å². The molecule has 3 N–H and O–H groups in total. The summed E-state index contributed by atoms with van der Waals surface area (Å²) in [6, 6.07) is 1.79. The van der Waals surface area contributed by atoms with Crippen molar-refractivity contribution >= 4 is 12.2 Å². The molecule has 1 atom stereocenters. The topological polar surface area (TPSA) is 74.5 Å². The van der Waals surface area contributed by atoms with Gasteiger partial charge in [-0.1, -0.05) is 6.42 Å². The van der Waals surface area contributed by atoms with Gasteiger partial charge in [0.05, 0.1) is 5.56 Å². The van der Waals surface area contributed by atoms with Gasteiger partial charge in [-0.15, -0.1) is 0 Å². The van der Waals surface area contributed by atoms with E-state index in [9.17, 15) is 15.0 Å². The second-order valence-electron chi connectivity index (χ2n) is 4.90. The zero-order valence-corrected chi connectivity index (χ0v) is 10.0. The number of aromatic nitrogens is 1. The fraction of sp³-hybridized carbons (Fsp3) is 0.462. The van der Waals surface area contributed by atoms with E-state index in [1.807, 2.05) is 0 Å². The van der Waals surface area contributed by atoms with Crippen molar-refractivity contribution in [3.63, 3.8) is 0 Å². The molecule has 2 aliphatic rings. The third-order valence-electron chi connectivity index (χ3n) is 3.84. The highest BCUT2D eigenvalue weighted by atomic mass is 16.3. The van der Waals surface area contributed by atoms with Crippen LogP contribution in [0.3, 0.4) is 0 Å². The number of fused-ring (bicyclic) bond motifs is 2. The van der Waals surface area contributed by atoms with Crippen LogP contribution >= 0.6 is 0 Å². The molecule has 1 aliphatic heterocycles. The lowest BCUT2D eigenvalue weighted by Crippen LogP contribution is -2.31. The lowest BCUT2D eigenvalue weighted by atomic mass is 9.90. The molecule has 3 rings (SSSR count). The molecule has 18 heavy (non-hydrogen) atoms. The Morgan fingerprint density at radius 1 is 1.39 bits per heavy atom. The van der Waals surface area contributed by atoms with Gasteiger partial charge in [0.2, 0.25) is 5.88 Å². The van der Waals surface area contributed by atoms with Crippen molar-refractivity contribution in [3.05, 3.63) is 22.9 Å². The summed E-state index contributed by atoms with van der Waals surface area (Å²) >= 11 is 0. The monoisotopic (exact) mass is 248 g/mol. The van der Waals surface area contributed by atoms with E-state index in [0.29, 0.717) is 18.5 Å². The van der Waals surface area contributed by atoms with Gasteiger partial charge in [-0.2, -0.15) is 0 Å². The van der Waals surface area contributed by atoms with Crippen LogP contribution in [-0.4, -0.2) is 27.1 Å². The minimum Gasteiger partial charge on any atom is -0.494 e. The molecular weight excluding hydrogens is 232 g/mol. The summed E-state index contributed by atoms with van der Waals surface area (Å²) in [6.07, 6.45) is 4.64. The Bertz CT molecular complexity index is 531. The molecule has 1 unspecified atom stereocenters. The van der Waals surface area contributed by atoms with Crippen LogP contribution in [0.1, 0.15) is 41.7 Å². The third kappa shape index (κ3) is 1.54. The standard InChI is InChI=1S/C13H16N2O3/c16-7-8-5-9-6-14-11-4-2-1-3-10(11)13(18)15(9)12(8)17/h5,7,11,14,17-18H,1-4,6H2. The fourth-order valence-electron chi connectivity index (χ4n) is 2.90. The van der Waals surface area contributed by atoms with Crippen LogP contribution in [0, 0.1) is 0 Å². The van der Waals surface area contributed by atoms with Gasteiger partial charge in [0, 0.05) is 23.9 Å². The van der Waals surface area contributed by atoms with Crippen LogP contribution in [0.5, 0.6) is 5.88 Å². The molecule has 96 valence electrons. The number of hydrogen-bond acceptors (Lipinski definition) is 4. The molecule has 0 saturated heterocycles. The van der Waals surface area contributed by atoms with Crippen molar-refractivity contribution in [1.82, 2.24) is 9.88 Å². The van der Waals surface area contributed by atoms with Gasteiger partial charge < -0.3 is 15.5 Å². The zero-order valence-electron chi connectivity index (χ0n) is 10.0. The van der Waals surface area contributed by atoms with Crippen molar-refractivity contribution in [2.75, 3.05) is 0 Å². The Kier molecular flexibility index (Phi) is 2.63. The summed E-state index contributed by atoms with van der Waals surface area (Å²) in [5, 5.41) is 23.7. The van der Waals surface area contributed by atoms with Gasteiger partial charge in [-0.05, 0) is 25.3 Å². The smallest absolute Gasteiger partial charge is 0.209 e. The Morgan fingerprint density at radius 2 is 2.22 bits per heavy atom. The third-order valence-corrected chi connectivity index (χ3v) is 3.84. The van der Waals surface area contributed by atoms with Crippen molar-refractivity contribution in [1.29, 1.82) is 0 Å². The zero-order chi connectivity index (χ0) is 12.7. The maximum atomic E-state index is 10.8. The molecule has 0 aromatic carbocycles. The van der Waals surface area contributed by atoms with E-state index in [1.165, 1.54) is 4.57 Å². The van der Waals surface area contributed by atoms with Crippen LogP contribution in [0.2, 0.25) is 0 Å². The molecule has 5 heteroatoms. The van der Waals surface area contributed by atoms with E-state index >= 15 is 0 Å². The number of aliphatic hydroxyl groups is 1. The SMILES string of the molecule is O=Cc1cc2n(c1O)C(O)=C1CCCCC1NC2. The quantitative estimate of drug-likeness (QED) is 0.662. The lowest BCUT2D eigenvalue weighted by molar-refractivity contribution is 0.112. The van der Waals surface area contributed by atoms with E-state index < -0.39 is 0 Å². The summed E-state index contributed by atoms with van der Waals surface area (Å²) in [5.74, 6) is -0.0803. The minimum atomic E-state index is -0.168. The number of carbonyl (C=O) groups excluding carboxylic acids is 1. The molecule has 1 aromatic heterocycles. The summed E-state index contributed by atoms with van der Waals surface area (Å²) in [5.41, 5.74) is 1.87. The molecule has 1 fully saturated rings. The van der Waals surface area contributed by atoms with Gasteiger partial charge in [0.25, 0.3) is 0 Å². The number of rotatable bonds is 1. The first-order chi connectivity index (χ1) is 8.72. The molecule has 5 nitrogen and oxygen atoms in total. The van der Waals surface area contributed by atoms with Crippen LogP contribution < -0.4 is 5.32 Å². The molecule has 1 aromatic rings. The van der Waals surface area contributed by atoms with Crippen LogP contribution in [0.15, 0.2) is 11.6 Å². The molecule has 2 heterocycles. The Labute approximate surface area is 105 Å². The van der Waals surface area contributed by atoms with Crippen LogP contribution in [0.25, 0.3) is 5.88 Å². The van der Waals surface area contributed by atoms with Gasteiger partial charge >= 0.3 is 0 Å². The summed E-state index contributed by atoms with van der Waals surface area (Å²) in [6.45, 7) is 0.541. The minimum absolute atomic E-state index is 0.0882. The van der Waals surface area contributed by atoms with Gasteiger partial charge in [-0.3, -0.25) is 9.36 Å². The predicted octanol–water partition coefficient (Wildman–Crippen LogP) is 1.78. The first-order valence-corrected chi connectivity index (χ1v) is 6.27. The summed E-state index contributed by atoms with van der Waals surface area (Å²) < 4.78 is 1.39. The molecule has 0 spiro atoms. The number of hydrogen-bond donors (Lipinski definition) is 3. The van der Waals surface area contributed by atoms with Gasteiger partial charge in [0.15, 0.2) is 12.2 Å². The van der Waals surface area contributed by atoms with Crippen molar-refractivity contribution in [3.8, 4) is 5.88 Å². The van der Waals surface area contributed by atoms with E-state index in [1.54, 1.807) is 6.07 Å². The van der Waals surface area contributed by atoms with Gasteiger partial charge in [-0.25, -0.2) is 0 Å². The molecule has 0 bridgehead atoms. The maximum Gasteiger partial charge on any atom is 0.209 e. The highest BCUT2D eigenvalue weighted by molar-refractivity contribution is 5.80. The maximum absolute atomic E-state index is 10.8. The Balaban J connectivity index is 2.15. The fourth-order valence-corrected chi connectivity index (χ4v) is 2.90. The first kappa shape index (κ1) is 11.3. The normalized spacial score (nSPS) is 23.2. The number of carbonyl (C=O) groups is 1. The predicted molar refractivity (Wildman–Crippen MR) is 66.4 cm³/mol. The summed E-state index contributed by atoms with van der Waals surface area (Å²) in [7, 11) is 0. The molecule has 0 amide bonds. The van der Waals surface area contributed by atoms with Crippen LogP contribution in [0.4, 0.5) is 0 Å². The van der Waals surface area contributed by atoms with Crippen molar-refractivity contribution in [2.45, 2.75) is 38.3 Å². The van der Waals surface area contributed by atoms with E-state index in [-0.39, 0.29) is 23.4 Å². The van der Waals surface area contributed by atoms with E-state index in [0.717, 1.165) is 31.3 Å². The number of nitrogens with one attached hydrogen (secondary N) is 1. The molecular formula is C13H16N2O3. The number of aldehydes is 1. The van der Waals surface area contributed by atoms with Crippen LogP contribution in [-0.2, 0) is 6.54 Å². The second kappa shape index (κ2) is 4.17.